The van der Waals surface area contributed by atoms with Gasteiger partial charge in [0.15, 0.2) is 17.0 Å². The van der Waals surface area contributed by atoms with Crippen molar-refractivity contribution in [2.24, 2.45) is 0 Å². The van der Waals surface area contributed by atoms with Crippen LogP contribution in [0.3, 0.4) is 0 Å². The largest absolute Gasteiger partial charge is 0.480 e. The van der Waals surface area contributed by atoms with Crippen LogP contribution in [0.5, 0.6) is 12.0 Å². The van der Waals surface area contributed by atoms with Crippen LogP contribution in [0.25, 0.3) is 11.2 Å². The molecule has 0 atom stereocenters. The summed E-state index contributed by atoms with van der Waals surface area (Å²) in [6.07, 6.45) is -2.40. The number of nitrogens with zero attached hydrogens (tertiary/aromatic N) is 5. The Morgan fingerprint density at radius 3 is 2.38 bits per heavy atom. The highest BCUT2D eigenvalue weighted by Crippen LogP contribution is 2.33. The number of benzene rings is 1. The normalized spacial score (nSPS) is 14.7. The lowest BCUT2D eigenvalue weighted by Crippen LogP contribution is -2.19. The Kier molecular flexibility index (Phi) is 7.08. The highest BCUT2D eigenvalue weighted by Gasteiger charge is 2.31. The molecule has 0 spiro atoms. The first-order valence-electron chi connectivity index (χ1n) is 11.0. The molecule has 4 rings (SSSR count). The van der Waals surface area contributed by atoms with Crippen molar-refractivity contribution >= 4 is 17.0 Å². The number of aromatic nitrogens is 4. The van der Waals surface area contributed by atoms with Crippen LogP contribution >= 0.6 is 0 Å². The van der Waals surface area contributed by atoms with Crippen LogP contribution in [-0.2, 0) is 24.0 Å². The summed E-state index contributed by atoms with van der Waals surface area (Å²) in [6, 6.07) is 3.67. The quantitative estimate of drug-likeness (QED) is 0.451. The van der Waals surface area contributed by atoms with Crippen LogP contribution < -0.4 is 10.1 Å². The molecule has 34 heavy (non-hydrogen) atoms. The first kappa shape index (κ1) is 24.0. The molecule has 1 aromatic carbocycles. The van der Waals surface area contributed by atoms with Gasteiger partial charge in [-0.15, -0.1) is 0 Å². The fourth-order valence-electron chi connectivity index (χ4n) is 4.06. The number of fused-ring (bicyclic) bond motifs is 1. The van der Waals surface area contributed by atoms with Crippen LogP contribution in [0.2, 0.25) is 0 Å². The van der Waals surface area contributed by atoms with Gasteiger partial charge in [0.25, 0.3) is 6.01 Å². The molecule has 0 amide bonds. The van der Waals surface area contributed by atoms with E-state index in [1.807, 2.05) is 0 Å². The summed E-state index contributed by atoms with van der Waals surface area (Å²) in [5, 5.41) is 13.4. The smallest absolute Gasteiger partial charge is 0.416 e. The van der Waals surface area contributed by atoms with E-state index >= 15 is 0 Å². The SMILES string of the molecule is CNc1nc(OCCOC)nc2c1nc(O)n2Cc1cc(CN2CCCC2)cc(C(F)(F)F)c1. The Balaban J connectivity index is 1.71. The van der Waals surface area contributed by atoms with Crippen molar-refractivity contribution in [2.45, 2.75) is 32.1 Å². The van der Waals surface area contributed by atoms with Crippen LogP contribution in [0.15, 0.2) is 18.2 Å². The molecular weight excluding hydrogens is 453 g/mol. The Hall–Kier alpha value is -3.12. The third kappa shape index (κ3) is 5.33. The van der Waals surface area contributed by atoms with Crippen molar-refractivity contribution in [3.63, 3.8) is 0 Å². The molecule has 2 N–H and O–H groups in total. The van der Waals surface area contributed by atoms with E-state index in [4.69, 9.17) is 9.47 Å². The molecule has 0 aliphatic carbocycles. The van der Waals surface area contributed by atoms with Gasteiger partial charge in [0, 0.05) is 20.7 Å². The number of rotatable bonds is 9. The molecule has 2 aromatic heterocycles. The van der Waals surface area contributed by atoms with Gasteiger partial charge in [-0.2, -0.15) is 28.1 Å². The highest BCUT2D eigenvalue weighted by atomic mass is 19.4. The molecule has 3 heterocycles. The van der Waals surface area contributed by atoms with Gasteiger partial charge in [0.05, 0.1) is 18.7 Å². The molecule has 0 bridgehead atoms. The Bertz CT molecular complexity index is 1150. The molecule has 1 fully saturated rings. The topological polar surface area (TPSA) is 97.6 Å². The molecule has 0 saturated carbocycles. The maximum atomic E-state index is 13.6. The highest BCUT2D eigenvalue weighted by molar-refractivity contribution is 5.84. The first-order valence-corrected chi connectivity index (χ1v) is 11.0. The molecule has 1 aliphatic rings. The van der Waals surface area contributed by atoms with Crippen LogP contribution in [0.1, 0.15) is 29.5 Å². The number of ether oxygens (including phenoxy) is 2. The van der Waals surface area contributed by atoms with Crippen molar-refractivity contribution in [2.75, 3.05) is 45.8 Å². The van der Waals surface area contributed by atoms with Crippen molar-refractivity contribution in [1.29, 1.82) is 0 Å². The summed E-state index contributed by atoms with van der Waals surface area (Å²) < 4.78 is 52.7. The monoisotopic (exact) mass is 480 g/mol. The summed E-state index contributed by atoms with van der Waals surface area (Å²) in [4.78, 5) is 14.8. The van der Waals surface area contributed by atoms with Crippen LogP contribution in [0, 0.1) is 0 Å². The van der Waals surface area contributed by atoms with Crippen LogP contribution in [-0.4, -0.2) is 70.0 Å². The third-order valence-corrected chi connectivity index (χ3v) is 5.63. The standard InChI is InChI=1S/C22H27F3N6O3/c1-26-18-17-19(29-20(28-18)34-8-7-33-2)31(21(32)27-17)13-15-9-14(12-30-5-3-4-6-30)10-16(11-15)22(23,24)25/h9-11H,3-8,12-13H2,1-2H3,(H,27,32)(H,26,28,29). The minimum Gasteiger partial charge on any atom is -0.480 e. The Morgan fingerprint density at radius 1 is 1.03 bits per heavy atom. The number of aromatic hydroxyl groups is 1. The molecule has 9 nitrogen and oxygen atoms in total. The number of imidazole rings is 1. The second kappa shape index (κ2) is 10.0. The van der Waals surface area contributed by atoms with Gasteiger partial charge in [-0.3, -0.25) is 9.47 Å². The van der Waals surface area contributed by atoms with Gasteiger partial charge < -0.3 is 19.9 Å². The molecule has 184 valence electrons. The summed E-state index contributed by atoms with van der Waals surface area (Å²) >= 11 is 0. The number of alkyl halides is 3. The average molecular weight is 480 g/mol. The van der Waals surface area contributed by atoms with Gasteiger partial charge in [-0.1, -0.05) is 6.07 Å². The number of hydrogen-bond acceptors (Lipinski definition) is 8. The minimum absolute atomic E-state index is 0.0359. The zero-order valence-electron chi connectivity index (χ0n) is 19.0. The number of halogens is 3. The number of hydrogen-bond donors (Lipinski definition) is 2. The second-order valence-corrected chi connectivity index (χ2v) is 8.14. The molecule has 0 unspecified atom stereocenters. The number of anilines is 1. The fraction of sp³-hybridized carbons (Fsp3) is 0.500. The van der Waals surface area contributed by atoms with E-state index in [9.17, 15) is 18.3 Å². The maximum absolute atomic E-state index is 13.6. The van der Waals surface area contributed by atoms with E-state index < -0.39 is 11.7 Å². The molecule has 12 heteroatoms. The predicted octanol–water partition coefficient (Wildman–Crippen LogP) is 3.26. The average Bonchev–Trinajstić information content (AvgIpc) is 3.41. The number of nitrogens with one attached hydrogen (secondary N) is 1. The Labute approximate surface area is 194 Å². The minimum atomic E-state index is -4.49. The molecule has 1 aliphatic heterocycles. The van der Waals surface area contributed by atoms with E-state index in [2.05, 4.69) is 25.2 Å². The summed E-state index contributed by atoms with van der Waals surface area (Å²) in [6.45, 7) is 2.65. The zero-order valence-corrected chi connectivity index (χ0v) is 19.0. The lowest BCUT2D eigenvalue weighted by atomic mass is 10.0. The summed E-state index contributed by atoms with van der Waals surface area (Å²) in [5.41, 5.74) is 0.748. The fourth-order valence-corrected chi connectivity index (χ4v) is 4.06. The van der Waals surface area contributed by atoms with E-state index in [1.165, 1.54) is 17.7 Å². The maximum Gasteiger partial charge on any atom is 0.416 e. The lowest BCUT2D eigenvalue weighted by molar-refractivity contribution is -0.137. The predicted molar refractivity (Wildman–Crippen MR) is 119 cm³/mol. The van der Waals surface area contributed by atoms with Gasteiger partial charge in [-0.05, 0) is 49.2 Å². The van der Waals surface area contributed by atoms with Gasteiger partial charge in [0.1, 0.15) is 6.61 Å². The zero-order chi connectivity index (χ0) is 24.3. The van der Waals surface area contributed by atoms with E-state index in [0.717, 1.165) is 32.0 Å². The van der Waals surface area contributed by atoms with E-state index in [0.29, 0.717) is 30.1 Å². The molecule has 0 radical (unpaired) electrons. The summed E-state index contributed by atoms with van der Waals surface area (Å²) in [5.74, 6) is 0.324. The van der Waals surface area contributed by atoms with Gasteiger partial charge in [-0.25, -0.2) is 0 Å². The van der Waals surface area contributed by atoms with Crippen molar-refractivity contribution in [3.8, 4) is 12.0 Å². The Morgan fingerprint density at radius 2 is 1.74 bits per heavy atom. The number of likely N-dealkylation sites (tertiary alicyclic amines) is 1. The number of methoxy groups -OCH3 is 1. The second-order valence-electron chi connectivity index (χ2n) is 8.14. The van der Waals surface area contributed by atoms with Crippen molar-refractivity contribution < 1.29 is 27.8 Å². The molecular formula is C22H27F3N6O3. The first-order chi connectivity index (χ1) is 16.3. The van der Waals surface area contributed by atoms with Gasteiger partial charge >= 0.3 is 12.2 Å². The van der Waals surface area contributed by atoms with Crippen molar-refractivity contribution in [1.82, 2.24) is 24.4 Å². The summed E-state index contributed by atoms with van der Waals surface area (Å²) in [7, 11) is 3.17. The molecule has 1 saturated heterocycles. The van der Waals surface area contributed by atoms with Crippen molar-refractivity contribution in [3.05, 3.63) is 34.9 Å². The lowest BCUT2D eigenvalue weighted by Gasteiger charge is -2.18. The van der Waals surface area contributed by atoms with Gasteiger partial charge in [0.2, 0.25) is 0 Å². The van der Waals surface area contributed by atoms with E-state index in [-0.39, 0.29) is 36.3 Å². The van der Waals surface area contributed by atoms with Crippen LogP contribution in [0.4, 0.5) is 19.0 Å². The third-order valence-electron chi connectivity index (χ3n) is 5.63. The molecule has 3 aromatic rings. The van der Waals surface area contributed by atoms with E-state index in [1.54, 1.807) is 13.1 Å².